The van der Waals surface area contributed by atoms with Crippen LogP contribution >= 0.6 is 0 Å². The number of nitrogens with zero attached hydrogens (tertiary/aromatic N) is 4. The minimum atomic E-state index is -4.14. The first-order valence-electron chi connectivity index (χ1n) is 8.54. The second-order valence-corrected chi connectivity index (χ2v) is 6.48. The molecule has 1 unspecified atom stereocenters. The maximum absolute atomic E-state index is 12.4. The summed E-state index contributed by atoms with van der Waals surface area (Å²) in [6.07, 6.45) is -2.58. The molecule has 6 nitrogen and oxygen atoms in total. The lowest BCUT2D eigenvalue weighted by atomic mass is 10.3. The molecule has 1 aliphatic rings. The van der Waals surface area contributed by atoms with Crippen molar-refractivity contribution in [1.29, 1.82) is 0 Å². The summed E-state index contributed by atoms with van der Waals surface area (Å²) in [6.45, 7) is 5.51. The first kappa shape index (κ1) is 19.6. The van der Waals surface area contributed by atoms with Gasteiger partial charge in [0.2, 0.25) is 0 Å². The van der Waals surface area contributed by atoms with E-state index in [1.165, 1.54) is 4.90 Å². The molecule has 1 atom stereocenters. The minimum Gasteiger partial charge on any atom is -0.356 e. The molecule has 142 valence electrons. The predicted octanol–water partition coefficient (Wildman–Crippen LogP) is 1.69. The Hall–Kier alpha value is -1.77. The fourth-order valence-electron chi connectivity index (χ4n) is 3.07. The summed E-state index contributed by atoms with van der Waals surface area (Å²) in [5, 5.41) is 10.8. The van der Waals surface area contributed by atoms with Crippen LogP contribution < -0.4 is 10.6 Å². The molecule has 1 saturated heterocycles. The van der Waals surface area contributed by atoms with Crippen LogP contribution in [0.3, 0.4) is 0 Å². The van der Waals surface area contributed by atoms with Crippen molar-refractivity contribution >= 4 is 5.96 Å². The third-order valence-corrected chi connectivity index (χ3v) is 4.18. The number of hydrogen-bond acceptors (Lipinski definition) is 3. The highest BCUT2D eigenvalue weighted by atomic mass is 19.4. The van der Waals surface area contributed by atoms with Crippen molar-refractivity contribution in [3.05, 3.63) is 17.5 Å². The number of aryl methyl sites for hydroxylation is 3. The molecule has 0 saturated carbocycles. The van der Waals surface area contributed by atoms with Gasteiger partial charge in [0, 0.05) is 45.0 Å². The summed E-state index contributed by atoms with van der Waals surface area (Å²) < 4.78 is 39.3. The molecule has 1 fully saturated rings. The molecule has 0 aliphatic carbocycles. The highest BCUT2D eigenvalue weighted by Crippen LogP contribution is 2.19. The molecule has 9 heteroatoms. The van der Waals surface area contributed by atoms with Crippen LogP contribution in [0, 0.1) is 13.8 Å². The van der Waals surface area contributed by atoms with Gasteiger partial charge in [-0.1, -0.05) is 0 Å². The Labute approximate surface area is 146 Å². The number of aliphatic imine (C=N–C) groups is 1. The molecule has 1 aromatic heterocycles. The number of halogens is 3. The molecule has 0 radical (unpaired) electrons. The molecule has 2 heterocycles. The predicted molar refractivity (Wildman–Crippen MR) is 91.7 cm³/mol. The molecule has 1 aliphatic heterocycles. The summed E-state index contributed by atoms with van der Waals surface area (Å²) in [4.78, 5) is 5.57. The van der Waals surface area contributed by atoms with Crippen LogP contribution in [0.1, 0.15) is 24.2 Å². The van der Waals surface area contributed by atoms with Gasteiger partial charge in [-0.15, -0.1) is 0 Å². The quantitative estimate of drug-likeness (QED) is 0.461. The molecule has 2 rings (SSSR count). The van der Waals surface area contributed by atoms with Crippen LogP contribution in [0.5, 0.6) is 0 Å². The third kappa shape index (κ3) is 6.56. The zero-order valence-electron chi connectivity index (χ0n) is 15.0. The summed E-state index contributed by atoms with van der Waals surface area (Å²) in [5.74, 6) is 0.632. The van der Waals surface area contributed by atoms with Crippen LogP contribution in [-0.2, 0) is 6.54 Å². The van der Waals surface area contributed by atoms with Crippen molar-refractivity contribution in [2.24, 2.45) is 4.99 Å². The van der Waals surface area contributed by atoms with Gasteiger partial charge in [0.05, 0.1) is 12.2 Å². The van der Waals surface area contributed by atoms with E-state index in [1.54, 1.807) is 7.05 Å². The maximum atomic E-state index is 12.4. The summed E-state index contributed by atoms with van der Waals surface area (Å²) in [6, 6.07) is 2.03. The van der Waals surface area contributed by atoms with Gasteiger partial charge in [-0.25, -0.2) is 0 Å². The lowest BCUT2D eigenvalue weighted by Gasteiger charge is -2.19. The van der Waals surface area contributed by atoms with Crippen molar-refractivity contribution in [3.8, 4) is 0 Å². The normalized spacial score (nSPS) is 19.4. The van der Waals surface area contributed by atoms with Gasteiger partial charge in [0.25, 0.3) is 0 Å². The smallest absolute Gasteiger partial charge is 0.356 e. The average molecular weight is 360 g/mol. The van der Waals surface area contributed by atoms with Crippen molar-refractivity contribution in [2.45, 2.75) is 45.5 Å². The number of rotatable bonds is 6. The summed E-state index contributed by atoms with van der Waals surface area (Å²) in [7, 11) is 1.67. The van der Waals surface area contributed by atoms with Gasteiger partial charge in [-0.2, -0.15) is 18.3 Å². The monoisotopic (exact) mass is 360 g/mol. The van der Waals surface area contributed by atoms with Crippen LogP contribution in [0.4, 0.5) is 13.2 Å². The molecule has 0 bridgehead atoms. The average Bonchev–Trinajstić information content (AvgIpc) is 3.06. The van der Waals surface area contributed by atoms with Crippen molar-refractivity contribution in [3.63, 3.8) is 0 Å². The molecule has 0 aromatic carbocycles. The first-order valence-corrected chi connectivity index (χ1v) is 8.54. The third-order valence-electron chi connectivity index (χ3n) is 4.18. The van der Waals surface area contributed by atoms with E-state index in [9.17, 15) is 13.2 Å². The number of guanidine groups is 1. The Morgan fingerprint density at radius 2 is 2.16 bits per heavy atom. The van der Waals surface area contributed by atoms with E-state index in [2.05, 4.69) is 20.7 Å². The first-order chi connectivity index (χ1) is 11.8. The van der Waals surface area contributed by atoms with Crippen molar-refractivity contribution in [1.82, 2.24) is 25.3 Å². The molecule has 25 heavy (non-hydrogen) atoms. The highest BCUT2D eigenvalue weighted by molar-refractivity contribution is 5.79. The largest absolute Gasteiger partial charge is 0.401 e. The lowest BCUT2D eigenvalue weighted by molar-refractivity contribution is -0.143. The van der Waals surface area contributed by atoms with E-state index >= 15 is 0 Å². The standard InChI is InChI=1S/C16H27F3N6/c1-12-9-13(2)25(23-12)7-4-6-21-15(20-3)22-14-5-8-24(10-14)11-16(17,18)19/h9,14H,4-8,10-11H2,1-3H3,(H2,20,21,22). The Morgan fingerprint density at radius 3 is 2.76 bits per heavy atom. The van der Waals surface area contributed by atoms with E-state index in [4.69, 9.17) is 0 Å². The number of hydrogen-bond donors (Lipinski definition) is 2. The van der Waals surface area contributed by atoms with Gasteiger partial charge in [0.1, 0.15) is 0 Å². The van der Waals surface area contributed by atoms with E-state index in [1.807, 2.05) is 24.6 Å². The van der Waals surface area contributed by atoms with Gasteiger partial charge in [-0.05, 0) is 32.8 Å². The fraction of sp³-hybridized carbons (Fsp3) is 0.750. The highest BCUT2D eigenvalue weighted by Gasteiger charge is 2.34. The van der Waals surface area contributed by atoms with Crippen LogP contribution in [-0.4, -0.2) is 66.1 Å². The molecule has 1 aromatic rings. The topological polar surface area (TPSA) is 57.5 Å². The van der Waals surface area contributed by atoms with Crippen LogP contribution in [0.15, 0.2) is 11.1 Å². The Bertz CT molecular complexity index is 581. The maximum Gasteiger partial charge on any atom is 0.401 e. The van der Waals surface area contributed by atoms with Crippen molar-refractivity contribution < 1.29 is 13.2 Å². The second kappa shape index (κ2) is 8.55. The lowest BCUT2D eigenvalue weighted by Crippen LogP contribution is -2.45. The zero-order valence-corrected chi connectivity index (χ0v) is 15.0. The van der Waals surface area contributed by atoms with Gasteiger partial charge in [-0.3, -0.25) is 14.6 Å². The van der Waals surface area contributed by atoms with E-state index in [0.717, 1.165) is 30.9 Å². The Kier molecular flexibility index (Phi) is 6.69. The van der Waals surface area contributed by atoms with Gasteiger partial charge < -0.3 is 10.6 Å². The van der Waals surface area contributed by atoms with E-state index in [0.29, 0.717) is 25.5 Å². The Morgan fingerprint density at radius 1 is 1.40 bits per heavy atom. The fourth-order valence-corrected chi connectivity index (χ4v) is 3.07. The second-order valence-electron chi connectivity index (χ2n) is 6.48. The van der Waals surface area contributed by atoms with Gasteiger partial charge >= 0.3 is 6.18 Å². The van der Waals surface area contributed by atoms with E-state index in [-0.39, 0.29) is 6.04 Å². The van der Waals surface area contributed by atoms with Crippen LogP contribution in [0.25, 0.3) is 0 Å². The van der Waals surface area contributed by atoms with Gasteiger partial charge in [0.15, 0.2) is 5.96 Å². The van der Waals surface area contributed by atoms with E-state index < -0.39 is 12.7 Å². The van der Waals surface area contributed by atoms with Crippen LogP contribution in [0.2, 0.25) is 0 Å². The molecule has 2 N–H and O–H groups in total. The van der Waals surface area contributed by atoms with Crippen molar-refractivity contribution in [2.75, 3.05) is 33.2 Å². The number of aromatic nitrogens is 2. The molecule has 0 spiro atoms. The SMILES string of the molecule is CN=C(NCCCn1nc(C)cc1C)NC1CCN(CC(F)(F)F)C1. The molecule has 0 amide bonds. The summed E-state index contributed by atoms with van der Waals surface area (Å²) >= 11 is 0. The molecular formula is C16H27F3N6. The zero-order chi connectivity index (χ0) is 18.4. The number of likely N-dealkylation sites (tertiary alicyclic amines) is 1. The number of alkyl halides is 3. The Balaban J connectivity index is 1.68. The summed E-state index contributed by atoms with van der Waals surface area (Å²) in [5.41, 5.74) is 2.14. The molecular weight excluding hydrogens is 333 g/mol. The number of nitrogens with one attached hydrogen (secondary N) is 2. The minimum absolute atomic E-state index is 0.00967.